The van der Waals surface area contributed by atoms with E-state index in [2.05, 4.69) is 10.4 Å². The second kappa shape index (κ2) is 9.16. The number of hydrogen-bond donors (Lipinski definition) is 1. The molecule has 1 aromatic heterocycles. The molecule has 6 heteroatoms. The van der Waals surface area contributed by atoms with Gasteiger partial charge in [-0.1, -0.05) is 36.8 Å². The first-order valence-electron chi connectivity index (χ1n) is 10.9. The van der Waals surface area contributed by atoms with Crippen LogP contribution in [-0.4, -0.2) is 39.6 Å². The van der Waals surface area contributed by atoms with Crippen LogP contribution in [0.3, 0.4) is 0 Å². The Labute approximate surface area is 182 Å². The zero-order valence-corrected chi connectivity index (χ0v) is 18.1. The molecule has 1 aliphatic rings. The second-order valence-electron chi connectivity index (χ2n) is 7.99. The average molecular weight is 417 g/mol. The van der Waals surface area contributed by atoms with Gasteiger partial charge in [-0.05, 0) is 56.0 Å². The van der Waals surface area contributed by atoms with Crippen LogP contribution in [0.1, 0.15) is 57.3 Å². The van der Waals surface area contributed by atoms with Gasteiger partial charge in [0.2, 0.25) is 0 Å². The van der Waals surface area contributed by atoms with Gasteiger partial charge in [0, 0.05) is 25.2 Å². The molecule has 0 bridgehead atoms. The molecule has 0 atom stereocenters. The highest BCUT2D eigenvalue weighted by atomic mass is 16.2. The standard InChI is InChI=1S/C25H28N4O2/c1-3-23-22(17-27-29(23)21-11-9-18(2)10-12-21)24(30)26-16-19-7-6-8-20(15-19)25(31)28-13-4-5-14-28/h6-12,15,17H,3-5,13-14,16H2,1-2H3,(H,26,30). The third-order valence-electron chi connectivity index (χ3n) is 5.75. The number of amides is 2. The van der Waals surface area contributed by atoms with E-state index in [9.17, 15) is 9.59 Å². The maximum atomic E-state index is 12.9. The Kier molecular flexibility index (Phi) is 6.16. The van der Waals surface area contributed by atoms with Crippen molar-refractivity contribution in [3.63, 3.8) is 0 Å². The summed E-state index contributed by atoms with van der Waals surface area (Å²) in [7, 11) is 0. The summed E-state index contributed by atoms with van der Waals surface area (Å²) in [4.78, 5) is 27.4. The van der Waals surface area contributed by atoms with Crippen molar-refractivity contribution in [2.75, 3.05) is 13.1 Å². The molecule has 0 spiro atoms. The predicted molar refractivity (Wildman–Crippen MR) is 120 cm³/mol. The van der Waals surface area contributed by atoms with Gasteiger partial charge in [0.15, 0.2) is 0 Å². The Morgan fingerprint density at radius 3 is 2.52 bits per heavy atom. The van der Waals surface area contributed by atoms with Gasteiger partial charge in [-0.15, -0.1) is 0 Å². The van der Waals surface area contributed by atoms with Crippen LogP contribution in [-0.2, 0) is 13.0 Å². The average Bonchev–Trinajstić information content (AvgIpc) is 3.48. The van der Waals surface area contributed by atoms with Crippen molar-refractivity contribution in [2.24, 2.45) is 0 Å². The van der Waals surface area contributed by atoms with Gasteiger partial charge in [0.1, 0.15) is 0 Å². The van der Waals surface area contributed by atoms with E-state index in [1.54, 1.807) is 6.20 Å². The summed E-state index contributed by atoms with van der Waals surface area (Å²) in [5, 5.41) is 7.43. The molecule has 1 N–H and O–H groups in total. The van der Waals surface area contributed by atoms with E-state index in [1.807, 2.05) is 72.0 Å². The van der Waals surface area contributed by atoms with Gasteiger partial charge in [0.25, 0.3) is 11.8 Å². The van der Waals surface area contributed by atoms with Gasteiger partial charge < -0.3 is 10.2 Å². The topological polar surface area (TPSA) is 67.2 Å². The number of carbonyl (C=O) groups excluding carboxylic acids is 2. The van der Waals surface area contributed by atoms with E-state index >= 15 is 0 Å². The fraction of sp³-hybridized carbons (Fsp3) is 0.320. The molecule has 2 amide bonds. The molecular formula is C25H28N4O2. The number of rotatable bonds is 6. The lowest BCUT2D eigenvalue weighted by molar-refractivity contribution is 0.0792. The van der Waals surface area contributed by atoms with Crippen LogP contribution in [0.2, 0.25) is 0 Å². The SMILES string of the molecule is CCc1c(C(=O)NCc2cccc(C(=O)N3CCCC3)c2)cnn1-c1ccc(C)cc1. The van der Waals surface area contributed by atoms with E-state index in [1.165, 1.54) is 5.56 Å². The lowest BCUT2D eigenvalue weighted by Gasteiger charge is -2.15. The smallest absolute Gasteiger partial charge is 0.255 e. The molecule has 0 saturated carbocycles. The fourth-order valence-corrected chi connectivity index (χ4v) is 4.01. The molecular weight excluding hydrogens is 388 g/mol. The van der Waals surface area contributed by atoms with E-state index in [0.29, 0.717) is 24.1 Å². The van der Waals surface area contributed by atoms with Crippen LogP contribution in [0.5, 0.6) is 0 Å². The lowest BCUT2D eigenvalue weighted by atomic mass is 10.1. The molecule has 1 fully saturated rings. The first-order chi connectivity index (χ1) is 15.1. The van der Waals surface area contributed by atoms with Crippen LogP contribution >= 0.6 is 0 Å². The largest absolute Gasteiger partial charge is 0.348 e. The van der Waals surface area contributed by atoms with Crippen molar-refractivity contribution in [3.05, 3.63) is 82.7 Å². The third kappa shape index (κ3) is 4.53. The molecule has 4 rings (SSSR count). The Bertz CT molecular complexity index is 1080. The fourth-order valence-electron chi connectivity index (χ4n) is 4.01. The number of likely N-dealkylation sites (tertiary alicyclic amines) is 1. The highest BCUT2D eigenvalue weighted by Crippen LogP contribution is 2.17. The van der Waals surface area contributed by atoms with Crippen LogP contribution in [0, 0.1) is 6.92 Å². The molecule has 1 aliphatic heterocycles. The summed E-state index contributed by atoms with van der Waals surface area (Å²) in [6, 6.07) is 15.6. The van der Waals surface area contributed by atoms with Crippen LogP contribution in [0.15, 0.2) is 54.7 Å². The van der Waals surface area contributed by atoms with Gasteiger partial charge in [-0.2, -0.15) is 5.10 Å². The van der Waals surface area contributed by atoms with Gasteiger partial charge >= 0.3 is 0 Å². The Hall–Kier alpha value is -3.41. The number of nitrogens with zero attached hydrogens (tertiary/aromatic N) is 3. The molecule has 6 nitrogen and oxygen atoms in total. The monoisotopic (exact) mass is 416 g/mol. The normalized spacial score (nSPS) is 13.4. The lowest BCUT2D eigenvalue weighted by Crippen LogP contribution is -2.28. The summed E-state index contributed by atoms with van der Waals surface area (Å²) in [5.41, 5.74) is 5.15. The van der Waals surface area contributed by atoms with Crippen LogP contribution in [0.25, 0.3) is 5.69 Å². The maximum Gasteiger partial charge on any atom is 0.255 e. The molecule has 160 valence electrons. The van der Waals surface area contributed by atoms with Crippen LogP contribution < -0.4 is 5.32 Å². The molecule has 2 heterocycles. The van der Waals surface area contributed by atoms with Crippen LogP contribution in [0.4, 0.5) is 0 Å². The third-order valence-corrected chi connectivity index (χ3v) is 5.75. The summed E-state index contributed by atoms with van der Waals surface area (Å²) < 4.78 is 1.82. The molecule has 2 aromatic carbocycles. The second-order valence-corrected chi connectivity index (χ2v) is 7.99. The molecule has 0 unspecified atom stereocenters. The van der Waals surface area contributed by atoms with Crippen molar-refractivity contribution in [1.82, 2.24) is 20.0 Å². The van der Waals surface area contributed by atoms with E-state index in [4.69, 9.17) is 0 Å². The first-order valence-corrected chi connectivity index (χ1v) is 10.9. The van der Waals surface area contributed by atoms with Crippen molar-refractivity contribution in [1.29, 1.82) is 0 Å². The first kappa shape index (κ1) is 20.8. The highest BCUT2D eigenvalue weighted by Gasteiger charge is 2.20. The van der Waals surface area contributed by atoms with Crippen molar-refractivity contribution < 1.29 is 9.59 Å². The quantitative estimate of drug-likeness (QED) is 0.663. The van der Waals surface area contributed by atoms with E-state index in [0.717, 1.165) is 42.9 Å². The summed E-state index contributed by atoms with van der Waals surface area (Å²) in [6.07, 6.45) is 4.45. The number of aromatic nitrogens is 2. The minimum Gasteiger partial charge on any atom is -0.348 e. The van der Waals surface area contributed by atoms with E-state index < -0.39 is 0 Å². The summed E-state index contributed by atoms with van der Waals surface area (Å²) in [5.74, 6) is -0.0928. The molecule has 3 aromatic rings. The molecule has 1 saturated heterocycles. The highest BCUT2D eigenvalue weighted by molar-refractivity contribution is 5.96. The van der Waals surface area contributed by atoms with Crippen molar-refractivity contribution in [3.8, 4) is 5.69 Å². The zero-order chi connectivity index (χ0) is 21.8. The minimum absolute atomic E-state index is 0.0679. The zero-order valence-electron chi connectivity index (χ0n) is 18.1. The number of hydrogen-bond acceptors (Lipinski definition) is 3. The van der Waals surface area contributed by atoms with Gasteiger partial charge in [-0.25, -0.2) is 4.68 Å². The molecule has 0 radical (unpaired) electrons. The number of carbonyl (C=O) groups is 2. The summed E-state index contributed by atoms with van der Waals surface area (Å²) in [6.45, 7) is 6.07. The predicted octanol–water partition coefficient (Wildman–Crippen LogP) is 3.91. The van der Waals surface area contributed by atoms with Crippen molar-refractivity contribution >= 4 is 11.8 Å². The van der Waals surface area contributed by atoms with Gasteiger partial charge in [0.05, 0.1) is 23.1 Å². The van der Waals surface area contributed by atoms with Crippen molar-refractivity contribution in [2.45, 2.75) is 39.7 Å². The Balaban J connectivity index is 1.46. The number of nitrogens with one attached hydrogen (secondary N) is 1. The maximum absolute atomic E-state index is 12.9. The Morgan fingerprint density at radius 1 is 1.06 bits per heavy atom. The van der Waals surface area contributed by atoms with Gasteiger partial charge in [-0.3, -0.25) is 9.59 Å². The molecule has 31 heavy (non-hydrogen) atoms. The van der Waals surface area contributed by atoms with E-state index in [-0.39, 0.29) is 11.8 Å². The number of benzene rings is 2. The Morgan fingerprint density at radius 2 is 1.81 bits per heavy atom. The summed E-state index contributed by atoms with van der Waals surface area (Å²) >= 11 is 0. The number of aryl methyl sites for hydroxylation is 1. The molecule has 0 aliphatic carbocycles. The minimum atomic E-state index is -0.161.